The summed E-state index contributed by atoms with van der Waals surface area (Å²) in [6.45, 7) is -0.345. The number of pyridine rings is 1. The molecule has 1 aromatic heterocycles. The number of aliphatic hydroxyl groups excluding tert-OH is 1. The number of nitrogens with zero attached hydrogens (tertiary/aromatic N) is 1. The molecule has 0 amide bonds. The number of hydrogen-bond donors (Lipinski definition) is 3. The van der Waals surface area contributed by atoms with E-state index in [4.69, 9.17) is 4.65 Å². The lowest BCUT2D eigenvalue weighted by Crippen LogP contribution is -2.42. The van der Waals surface area contributed by atoms with Gasteiger partial charge in [0.15, 0.2) is 9.84 Å². The molecule has 2 aliphatic heterocycles. The number of aromatic hydroxyl groups is 1. The van der Waals surface area contributed by atoms with Gasteiger partial charge in [0.1, 0.15) is 5.75 Å². The molecule has 3 N–H and O–H groups in total. The average molecular weight is 441 g/mol. The zero-order chi connectivity index (χ0) is 22.0. The van der Waals surface area contributed by atoms with Crippen molar-refractivity contribution in [3.8, 4) is 5.75 Å². The molecular formula is C22H24BNO6S. The number of allylic oxidation sites excluding steroid dienone is 1. The van der Waals surface area contributed by atoms with Crippen molar-refractivity contribution in [1.82, 2.24) is 4.98 Å². The largest absolute Gasteiger partial charge is 0.507 e. The quantitative estimate of drug-likeness (QED) is 0.464. The van der Waals surface area contributed by atoms with Gasteiger partial charge < -0.3 is 19.9 Å². The topological polar surface area (TPSA) is 117 Å². The van der Waals surface area contributed by atoms with E-state index in [-0.39, 0.29) is 24.4 Å². The van der Waals surface area contributed by atoms with E-state index in [2.05, 4.69) is 4.98 Å². The Kier molecular flexibility index (Phi) is 6.29. The summed E-state index contributed by atoms with van der Waals surface area (Å²) in [5.74, 6) is -0.0517. The molecule has 2 atom stereocenters. The first-order chi connectivity index (χ1) is 14.9. The van der Waals surface area contributed by atoms with Crippen molar-refractivity contribution in [2.45, 2.75) is 30.5 Å². The Morgan fingerprint density at radius 2 is 2.00 bits per heavy atom. The van der Waals surface area contributed by atoms with Gasteiger partial charge in [-0.25, -0.2) is 8.42 Å². The summed E-state index contributed by atoms with van der Waals surface area (Å²) >= 11 is 0. The second-order valence-corrected chi connectivity index (χ2v) is 9.99. The highest BCUT2D eigenvalue weighted by atomic mass is 32.2. The molecule has 1 aromatic carbocycles. The molecule has 0 spiro atoms. The summed E-state index contributed by atoms with van der Waals surface area (Å²) in [5.41, 5.74) is 3.26. The summed E-state index contributed by atoms with van der Waals surface area (Å²) in [5, 5.41) is 29.2. The van der Waals surface area contributed by atoms with E-state index in [1.165, 1.54) is 0 Å². The van der Waals surface area contributed by atoms with Gasteiger partial charge >= 0.3 is 7.12 Å². The van der Waals surface area contributed by atoms with E-state index in [0.29, 0.717) is 29.6 Å². The molecule has 4 rings (SSSR count). The highest BCUT2D eigenvalue weighted by Crippen LogP contribution is 2.40. The molecule has 162 valence electrons. The van der Waals surface area contributed by atoms with Gasteiger partial charge in [0.2, 0.25) is 0 Å². The summed E-state index contributed by atoms with van der Waals surface area (Å²) in [7, 11) is -4.63. The molecular weight excluding hydrogens is 417 g/mol. The molecule has 0 unspecified atom stereocenters. The number of phenolic OH excluding ortho intramolecular Hbond substituents is 1. The fourth-order valence-corrected chi connectivity index (χ4v) is 6.44. The lowest BCUT2D eigenvalue weighted by atomic mass is 9.74. The van der Waals surface area contributed by atoms with Crippen LogP contribution >= 0.6 is 0 Å². The zero-order valence-corrected chi connectivity index (χ0v) is 17.7. The van der Waals surface area contributed by atoms with Crippen LogP contribution in [0.5, 0.6) is 5.75 Å². The number of para-hydroxylation sites is 1. The number of sulfone groups is 1. The molecule has 3 heterocycles. The molecule has 0 bridgehead atoms. The van der Waals surface area contributed by atoms with Gasteiger partial charge in [-0.1, -0.05) is 24.3 Å². The maximum absolute atomic E-state index is 12.5. The van der Waals surface area contributed by atoms with Gasteiger partial charge in [0.25, 0.3) is 0 Å². The minimum Gasteiger partial charge on any atom is -0.507 e. The molecule has 0 saturated carbocycles. The van der Waals surface area contributed by atoms with E-state index in [9.17, 15) is 23.7 Å². The molecule has 2 aromatic rings. The molecule has 1 saturated heterocycles. The zero-order valence-electron chi connectivity index (χ0n) is 16.9. The van der Waals surface area contributed by atoms with E-state index in [1.54, 1.807) is 24.4 Å². The average Bonchev–Trinajstić information content (AvgIpc) is 3.03. The normalized spacial score (nSPS) is 23.2. The Morgan fingerprint density at radius 1 is 1.23 bits per heavy atom. The number of rotatable bonds is 6. The maximum atomic E-state index is 12.5. The van der Waals surface area contributed by atoms with Crippen LogP contribution in [0.1, 0.15) is 24.1 Å². The first-order valence-corrected chi connectivity index (χ1v) is 11.9. The third kappa shape index (κ3) is 4.59. The molecule has 2 aliphatic rings. The molecule has 0 radical (unpaired) electrons. The van der Waals surface area contributed by atoms with Crippen molar-refractivity contribution in [2.24, 2.45) is 0 Å². The maximum Gasteiger partial charge on any atom is 0.456 e. The summed E-state index contributed by atoms with van der Waals surface area (Å²) in [6.07, 6.45) is 3.76. The minimum atomic E-state index is -3.45. The van der Waals surface area contributed by atoms with Crippen LogP contribution in [0, 0.1) is 0 Å². The van der Waals surface area contributed by atoms with Crippen LogP contribution in [0.4, 0.5) is 0 Å². The fourth-order valence-electron chi connectivity index (χ4n) is 4.33. The van der Waals surface area contributed by atoms with E-state index in [0.717, 1.165) is 11.3 Å². The number of benzene rings is 1. The van der Waals surface area contributed by atoms with Crippen LogP contribution in [0.15, 0.2) is 59.8 Å². The van der Waals surface area contributed by atoms with Gasteiger partial charge in [-0.05, 0) is 53.8 Å². The fraction of sp³-hybridized carbons (Fsp3) is 0.318. The number of phenols is 1. The Bertz CT molecular complexity index is 1120. The SMILES string of the molecule is O=S1(=O)CC(CO)=C2[C@@H](CC/C(=C/c3ccccc3O)c3ccccn3)OB(O)C[C@@H]21. The van der Waals surface area contributed by atoms with Crippen molar-refractivity contribution < 1.29 is 28.3 Å². The monoisotopic (exact) mass is 441 g/mol. The molecule has 1 fully saturated rings. The van der Waals surface area contributed by atoms with Crippen molar-refractivity contribution in [3.63, 3.8) is 0 Å². The highest BCUT2D eigenvalue weighted by Gasteiger charge is 2.48. The standard InChI is InChI=1S/C22H24BNO6S/c25-13-17-14-31(28,29)21-12-23(27)30-20(22(17)21)9-8-15(18-6-3-4-10-24-18)11-16-5-1-2-7-19(16)26/h1-7,10-11,20-21,25-27H,8-9,12-14H2/b15-11-/t20-,21+/m1/s1. The lowest BCUT2D eigenvalue weighted by Gasteiger charge is -2.32. The Hall–Kier alpha value is -2.46. The molecule has 0 aliphatic carbocycles. The van der Waals surface area contributed by atoms with E-state index >= 15 is 0 Å². The van der Waals surface area contributed by atoms with Crippen molar-refractivity contribution in [1.29, 1.82) is 0 Å². The predicted molar refractivity (Wildman–Crippen MR) is 119 cm³/mol. The van der Waals surface area contributed by atoms with Crippen molar-refractivity contribution in [3.05, 3.63) is 71.1 Å². The number of hydrogen-bond acceptors (Lipinski definition) is 7. The van der Waals surface area contributed by atoms with Crippen LogP contribution in [-0.2, 0) is 14.5 Å². The minimum absolute atomic E-state index is 0.0154. The van der Waals surface area contributed by atoms with Gasteiger partial charge in [-0.2, -0.15) is 0 Å². The smallest absolute Gasteiger partial charge is 0.456 e. The Morgan fingerprint density at radius 3 is 2.71 bits per heavy atom. The van der Waals surface area contributed by atoms with E-state index in [1.807, 2.05) is 30.3 Å². The third-order valence-corrected chi connectivity index (χ3v) is 7.84. The molecule has 31 heavy (non-hydrogen) atoms. The van der Waals surface area contributed by atoms with Crippen LogP contribution in [-0.4, -0.2) is 59.5 Å². The van der Waals surface area contributed by atoms with Crippen LogP contribution < -0.4 is 0 Å². The first kappa shape index (κ1) is 21.8. The second kappa shape index (κ2) is 8.96. The molecule has 7 nitrogen and oxygen atoms in total. The van der Waals surface area contributed by atoms with Crippen LogP contribution in [0.3, 0.4) is 0 Å². The summed E-state index contributed by atoms with van der Waals surface area (Å²) in [6, 6.07) is 12.5. The van der Waals surface area contributed by atoms with Crippen molar-refractivity contribution in [2.75, 3.05) is 12.4 Å². The van der Waals surface area contributed by atoms with Gasteiger partial charge in [-0.15, -0.1) is 0 Å². The van der Waals surface area contributed by atoms with Gasteiger partial charge in [0, 0.05) is 18.1 Å². The van der Waals surface area contributed by atoms with Crippen molar-refractivity contribution >= 4 is 28.6 Å². The number of aromatic nitrogens is 1. The van der Waals surface area contributed by atoms with Crippen LogP contribution in [0.2, 0.25) is 6.32 Å². The van der Waals surface area contributed by atoms with Gasteiger partial charge in [0.05, 0.1) is 29.4 Å². The van der Waals surface area contributed by atoms with Gasteiger partial charge in [-0.3, -0.25) is 4.98 Å². The second-order valence-electron chi connectivity index (χ2n) is 7.81. The predicted octanol–water partition coefficient (Wildman–Crippen LogP) is 2.07. The van der Waals surface area contributed by atoms with E-state index < -0.39 is 28.3 Å². The highest BCUT2D eigenvalue weighted by molar-refractivity contribution is 7.92. The first-order valence-electron chi connectivity index (χ1n) is 10.2. The Balaban J connectivity index is 1.65. The third-order valence-electron chi connectivity index (χ3n) is 5.78. The number of fused-ring (bicyclic) bond motifs is 1. The lowest BCUT2D eigenvalue weighted by molar-refractivity contribution is 0.169. The van der Waals surface area contributed by atoms with Crippen LogP contribution in [0.25, 0.3) is 11.6 Å². The molecule has 9 heteroatoms. The number of aliphatic hydroxyl groups is 1. The summed E-state index contributed by atoms with van der Waals surface area (Å²) < 4.78 is 30.8. The summed E-state index contributed by atoms with van der Waals surface area (Å²) in [4.78, 5) is 4.42. The Labute approximate surface area is 181 Å².